The minimum Gasteiger partial charge on any atom is -0.321 e. The molecule has 15 heavy (non-hydrogen) atoms. The van der Waals surface area contributed by atoms with Crippen LogP contribution in [0.2, 0.25) is 0 Å². The molecule has 0 bridgehead atoms. The smallest absolute Gasteiger partial charge is 0.248 e. The van der Waals surface area contributed by atoms with E-state index >= 15 is 0 Å². The number of pyridine rings is 1. The van der Waals surface area contributed by atoms with Crippen molar-refractivity contribution in [2.75, 3.05) is 5.32 Å². The first-order valence-corrected chi connectivity index (χ1v) is 5.23. The van der Waals surface area contributed by atoms with Gasteiger partial charge in [0, 0.05) is 6.08 Å². The molecule has 3 nitrogen and oxygen atoms in total. The first-order valence-electron chi connectivity index (χ1n) is 4.44. The van der Waals surface area contributed by atoms with Gasteiger partial charge in [0.1, 0.15) is 4.60 Å². The Bertz CT molecular complexity index is 382. The lowest BCUT2D eigenvalue weighted by Crippen LogP contribution is -2.07. The van der Waals surface area contributed by atoms with Gasteiger partial charge in [0.05, 0.1) is 11.9 Å². The second-order valence-electron chi connectivity index (χ2n) is 2.74. The highest BCUT2D eigenvalue weighted by molar-refractivity contribution is 9.10. The molecule has 1 aromatic heterocycles. The summed E-state index contributed by atoms with van der Waals surface area (Å²) in [5.41, 5.74) is 0.674. The maximum Gasteiger partial charge on any atom is 0.248 e. The molecule has 0 aliphatic carbocycles. The van der Waals surface area contributed by atoms with E-state index in [9.17, 15) is 4.79 Å². The van der Waals surface area contributed by atoms with Crippen LogP contribution >= 0.6 is 15.9 Å². The third-order valence-corrected chi connectivity index (χ3v) is 2.02. The minimum absolute atomic E-state index is 0.169. The van der Waals surface area contributed by atoms with Gasteiger partial charge in [0.2, 0.25) is 5.91 Å². The highest BCUT2D eigenvalue weighted by atomic mass is 79.9. The molecule has 0 atom stereocenters. The van der Waals surface area contributed by atoms with Gasteiger partial charge in [-0.05, 0) is 35.0 Å². The summed E-state index contributed by atoms with van der Waals surface area (Å²) in [6.45, 7) is 1.89. The summed E-state index contributed by atoms with van der Waals surface area (Å²) in [5.74, 6) is -0.169. The number of carbonyl (C=O) groups is 1. The number of nitrogens with zero attached hydrogens (tertiary/aromatic N) is 1. The summed E-state index contributed by atoms with van der Waals surface area (Å²) in [4.78, 5) is 15.3. The number of nitrogens with one attached hydrogen (secondary N) is 1. The first-order chi connectivity index (χ1) is 7.22. The Morgan fingerprint density at radius 2 is 2.27 bits per heavy atom. The van der Waals surface area contributed by atoms with Crippen LogP contribution < -0.4 is 5.32 Å². The van der Waals surface area contributed by atoms with Gasteiger partial charge in [-0.2, -0.15) is 0 Å². The lowest BCUT2D eigenvalue weighted by atomic mass is 10.4. The number of carbonyl (C=O) groups excluding carboxylic acids is 1. The zero-order chi connectivity index (χ0) is 11.1. The highest BCUT2D eigenvalue weighted by Gasteiger charge is 1.96. The fourth-order valence-corrected chi connectivity index (χ4v) is 1.12. The van der Waals surface area contributed by atoms with Crippen molar-refractivity contribution in [3.8, 4) is 0 Å². The highest BCUT2D eigenvalue weighted by Crippen LogP contribution is 2.10. The Hall–Kier alpha value is -1.42. The van der Waals surface area contributed by atoms with Crippen LogP contribution in [0, 0.1) is 0 Å². The number of aromatic nitrogens is 1. The van der Waals surface area contributed by atoms with Gasteiger partial charge in [0.15, 0.2) is 0 Å². The summed E-state index contributed by atoms with van der Waals surface area (Å²) in [6, 6.07) is 3.55. The van der Waals surface area contributed by atoms with Gasteiger partial charge in [-0.3, -0.25) is 4.79 Å². The molecule has 0 aromatic carbocycles. The molecule has 1 amide bonds. The quantitative estimate of drug-likeness (QED) is 0.519. The minimum atomic E-state index is -0.169. The van der Waals surface area contributed by atoms with Crippen LogP contribution in [0.5, 0.6) is 0 Å². The van der Waals surface area contributed by atoms with E-state index in [0.717, 1.165) is 4.60 Å². The molecule has 0 radical (unpaired) electrons. The van der Waals surface area contributed by atoms with Crippen LogP contribution in [0.3, 0.4) is 0 Å². The van der Waals surface area contributed by atoms with Crippen molar-refractivity contribution < 1.29 is 4.79 Å². The third kappa shape index (κ3) is 4.56. The van der Waals surface area contributed by atoms with Gasteiger partial charge in [0.25, 0.3) is 0 Å². The van der Waals surface area contributed by atoms with Crippen LogP contribution in [0.4, 0.5) is 5.69 Å². The van der Waals surface area contributed by atoms with Crippen molar-refractivity contribution in [1.82, 2.24) is 4.98 Å². The Labute approximate surface area is 97.0 Å². The van der Waals surface area contributed by atoms with Crippen LogP contribution in [0.25, 0.3) is 0 Å². The number of allylic oxidation sites excluding steroid dienone is 3. The van der Waals surface area contributed by atoms with E-state index in [1.54, 1.807) is 30.5 Å². The second-order valence-corrected chi connectivity index (χ2v) is 3.56. The number of hydrogen-bond acceptors (Lipinski definition) is 2. The van der Waals surface area contributed by atoms with Crippen molar-refractivity contribution >= 4 is 27.5 Å². The van der Waals surface area contributed by atoms with E-state index < -0.39 is 0 Å². The van der Waals surface area contributed by atoms with E-state index in [4.69, 9.17) is 0 Å². The zero-order valence-corrected chi connectivity index (χ0v) is 9.86. The van der Waals surface area contributed by atoms with Gasteiger partial charge in [-0.1, -0.05) is 18.2 Å². The van der Waals surface area contributed by atoms with Gasteiger partial charge in [-0.25, -0.2) is 4.98 Å². The monoisotopic (exact) mass is 266 g/mol. The van der Waals surface area contributed by atoms with Crippen molar-refractivity contribution in [2.45, 2.75) is 6.92 Å². The summed E-state index contributed by atoms with van der Waals surface area (Å²) < 4.78 is 0.741. The maximum absolute atomic E-state index is 11.3. The van der Waals surface area contributed by atoms with Crippen molar-refractivity contribution in [3.05, 3.63) is 47.2 Å². The zero-order valence-electron chi connectivity index (χ0n) is 8.27. The van der Waals surface area contributed by atoms with Crippen molar-refractivity contribution in [3.63, 3.8) is 0 Å². The van der Waals surface area contributed by atoms with Gasteiger partial charge in [-0.15, -0.1) is 0 Å². The van der Waals surface area contributed by atoms with E-state index in [1.807, 2.05) is 13.0 Å². The maximum atomic E-state index is 11.3. The molecular weight excluding hydrogens is 256 g/mol. The summed E-state index contributed by atoms with van der Waals surface area (Å²) >= 11 is 3.22. The Morgan fingerprint density at radius 1 is 1.47 bits per heavy atom. The molecule has 4 heteroatoms. The molecular formula is C11H11BrN2O. The number of rotatable bonds is 3. The third-order valence-electron chi connectivity index (χ3n) is 1.55. The molecule has 1 N–H and O–H groups in total. The molecule has 78 valence electrons. The predicted octanol–water partition coefficient (Wildman–Crippen LogP) is 2.91. The SMILES string of the molecule is CC=CC=CC(=O)Nc1ccc(Br)nc1. The van der Waals surface area contributed by atoms with E-state index in [0.29, 0.717) is 5.69 Å². The normalized spacial score (nSPS) is 11.1. The van der Waals surface area contributed by atoms with E-state index in [2.05, 4.69) is 26.2 Å². The number of amides is 1. The predicted molar refractivity (Wildman–Crippen MR) is 64.5 cm³/mol. The van der Waals surface area contributed by atoms with Crippen LogP contribution in [-0.2, 0) is 4.79 Å². The summed E-state index contributed by atoms with van der Waals surface area (Å²) in [6.07, 6.45) is 8.37. The Morgan fingerprint density at radius 3 is 2.87 bits per heavy atom. The van der Waals surface area contributed by atoms with Crippen LogP contribution in [0.15, 0.2) is 47.2 Å². The van der Waals surface area contributed by atoms with E-state index in [-0.39, 0.29) is 5.91 Å². The fraction of sp³-hybridized carbons (Fsp3) is 0.0909. The number of halogens is 1. The molecule has 0 aliphatic heterocycles. The fourth-order valence-electron chi connectivity index (χ4n) is 0.888. The van der Waals surface area contributed by atoms with Crippen molar-refractivity contribution in [2.24, 2.45) is 0 Å². The summed E-state index contributed by atoms with van der Waals surface area (Å²) in [7, 11) is 0. The molecule has 1 aromatic rings. The molecule has 0 unspecified atom stereocenters. The lowest BCUT2D eigenvalue weighted by Gasteiger charge is -2.00. The van der Waals surface area contributed by atoms with Gasteiger partial charge >= 0.3 is 0 Å². The Kier molecular flexibility index (Phi) is 4.77. The summed E-state index contributed by atoms with van der Waals surface area (Å²) in [5, 5.41) is 2.69. The Balaban J connectivity index is 2.55. The molecule has 0 aliphatic rings. The average Bonchev–Trinajstić information content (AvgIpc) is 2.22. The number of anilines is 1. The largest absolute Gasteiger partial charge is 0.321 e. The standard InChI is InChI=1S/C11H11BrN2O/c1-2-3-4-5-11(15)14-9-6-7-10(12)13-8-9/h2-8H,1H3,(H,14,15). The molecule has 1 rings (SSSR count). The van der Waals surface area contributed by atoms with Crippen LogP contribution in [0.1, 0.15) is 6.92 Å². The van der Waals surface area contributed by atoms with Crippen molar-refractivity contribution in [1.29, 1.82) is 0 Å². The lowest BCUT2D eigenvalue weighted by molar-refractivity contribution is -0.111. The first kappa shape index (κ1) is 11.7. The van der Waals surface area contributed by atoms with Gasteiger partial charge < -0.3 is 5.32 Å². The van der Waals surface area contributed by atoms with E-state index in [1.165, 1.54) is 6.08 Å². The molecule has 0 spiro atoms. The average molecular weight is 267 g/mol. The molecule has 0 saturated carbocycles. The topological polar surface area (TPSA) is 42.0 Å². The molecule has 0 saturated heterocycles. The number of hydrogen-bond donors (Lipinski definition) is 1. The van der Waals surface area contributed by atoms with Crippen LogP contribution in [-0.4, -0.2) is 10.9 Å². The molecule has 0 fully saturated rings. The second kappa shape index (κ2) is 6.14. The molecule has 1 heterocycles.